The Balaban J connectivity index is 1.75. The monoisotopic (exact) mass is 354 g/mol. The van der Waals surface area contributed by atoms with Crippen LogP contribution in [0.25, 0.3) is 11.3 Å². The number of nitrogens with zero attached hydrogens (tertiary/aromatic N) is 3. The summed E-state index contributed by atoms with van der Waals surface area (Å²) in [4.78, 5) is 26.0. The van der Waals surface area contributed by atoms with Gasteiger partial charge < -0.3 is 4.42 Å². The molecule has 0 aliphatic carbocycles. The predicted molar refractivity (Wildman–Crippen MR) is 90.1 cm³/mol. The Morgan fingerprint density at radius 3 is 2.73 bits per heavy atom. The smallest absolute Gasteiger partial charge is 0.283 e. The number of carbonyl (C=O) groups excluding carboxylic acids is 1. The first-order valence-corrected chi connectivity index (χ1v) is 7.32. The number of rotatable bonds is 5. The molecule has 8 nitrogen and oxygen atoms in total. The van der Waals surface area contributed by atoms with E-state index in [4.69, 9.17) is 4.42 Å². The number of hydrogen-bond acceptors (Lipinski definition) is 6. The van der Waals surface area contributed by atoms with Gasteiger partial charge in [-0.05, 0) is 36.4 Å². The summed E-state index contributed by atoms with van der Waals surface area (Å²) in [5, 5.41) is 14.8. The van der Waals surface area contributed by atoms with E-state index in [1.54, 1.807) is 0 Å². The van der Waals surface area contributed by atoms with Crippen LogP contribution < -0.4 is 5.43 Å². The van der Waals surface area contributed by atoms with Crippen molar-refractivity contribution in [3.05, 3.63) is 82.1 Å². The number of pyridine rings is 1. The summed E-state index contributed by atoms with van der Waals surface area (Å²) in [6, 6.07) is 9.26. The summed E-state index contributed by atoms with van der Waals surface area (Å²) < 4.78 is 18.7. The minimum atomic E-state index is -0.715. The Morgan fingerprint density at radius 1 is 1.23 bits per heavy atom. The number of aromatic nitrogens is 1. The number of nitro benzene ring substituents is 1. The molecule has 0 fully saturated rings. The molecule has 26 heavy (non-hydrogen) atoms. The van der Waals surface area contributed by atoms with Gasteiger partial charge in [-0.3, -0.25) is 19.9 Å². The van der Waals surface area contributed by atoms with Crippen molar-refractivity contribution in [1.29, 1.82) is 0 Å². The van der Waals surface area contributed by atoms with E-state index in [-0.39, 0.29) is 17.1 Å². The Morgan fingerprint density at radius 2 is 2.00 bits per heavy atom. The Hall–Kier alpha value is -3.88. The Labute approximate surface area is 146 Å². The van der Waals surface area contributed by atoms with Crippen molar-refractivity contribution in [3.63, 3.8) is 0 Å². The lowest BCUT2D eigenvalue weighted by atomic mass is 10.1. The molecule has 0 atom stereocenters. The average Bonchev–Trinajstić information content (AvgIpc) is 3.11. The zero-order chi connectivity index (χ0) is 18.5. The molecular formula is C17H11FN4O4. The zero-order valence-electron chi connectivity index (χ0n) is 13.1. The standard InChI is InChI=1S/C17H11FN4O4/c18-12-1-3-14(15(9-12)22(24)25)16-4-2-13(26-16)10-20-21-17(23)11-5-7-19-8-6-11/h1-10H,(H,21,23)/b20-10-. The summed E-state index contributed by atoms with van der Waals surface area (Å²) in [6.07, 6.45) is 4.21. The van der Waals surface area contributed by atoms with Crippen molar-refractivity contribution in [3.8, 4) is 11.3 Å². The summed E-state index contributed by atoms with van der Waals surface area (Å²) in [5.41, 5.74) is 2.43. The molecule has 9 heteroatoms. The number of hydrazone groups is 1. The van der Waals surface area contributed by atoms with Crippen LogP contribution >= 0.6 is 0 Å². The van der Waals surface area contributed by atoms with Gasteiger partial charge >= 0.3 is 0 Å². The SMILES string of the molecule is O=C(N/N=C\c1ccc(-c2ccc(F)cc2[N+](=O)[O-])o1)c1ccncc1. The third-order valence-electron chi connectivity index (χ3n) is 3.35. The van der Waals surface area contributed by atoms with Gasteiger partial charge in [-0.15, -0.1) is 0 Å². The molecule has 1 amide bonds. The fraction of sp³-hybridized carbons (Fsp3) is 0. The fourth-order valence-corrected chi connectivity index (χ4v) is 2.15. The van der Waals surface area contributed by atoms with Crippen LogP contribution in [0.3, 0.4) is 0 Å². The summed E-state index contributed by atoms with van der Waals surface area (Å²) in [7, 11) is 0. The molecule has 1 N–H and O–H groups in total. The van der Waals surface area contributed by atoms with E-state index in [0.29, 0.717) is 5.56 Å². The largest absolute Gasteiger partial charge is 0.455 e. The number of hydrogen-bond donors (Lipinski definition) is 1. The molecule has 2 aromatic heterocycles. The number of benzene rings is 1. The number of nitrogens with one attached hydrogen (secondary N) is 1. The highest BCUT2D eigenvalue weighted by molar-refractivity contribution is 5.94. The molecule has 2 heterocycles. The summed E-state index contributed by atoms with van der Waals surface area (Å²) in [5.74, 6) is -0.704. The average molecular weight is 354 g/mol. The van der Waals surface area contributed by atoms with E-state index in [1.165, 1.54) is 48.9 Å². The molecule has 0 radical (unpaired) electrons. The van der Waals surface area contributed by atoms with Crippen molar-refractivity contribution >= 4 is 17.8 Å². The van der Waals surface area contributed by atoms with E-state index >= 15 is 0 Å². The zero-order valence-corrected chi connectivity index (χ0v) is 13.1. The Bertz CT molecular complexity index is 985. The van der Waals surface area contributed by atoms with Crippen LogP contribution in [0.1, 0.15) is 16.1 Å². The third-order valence-corrected chi connectivity index (χ3v) is 3.35. The highest BCUT2D eigenvalue weighted by atomic mass is 19.1. The molecule has 0 unspecified atom stereocenters. The highest BCUT2D eigenvalue weighted by Crippen LogP contribution is 2.31. The second-order valence-electron chi connectivity index (χ2n) is 5.06. The lowest BCUT2D eigenvalue weighted by Gasteiger charge is -2.00. The van der Waals surface area contributed by atoms with Crippen molar-refractivity contribution < 1.29 is 18.5 Å². The molecule has 130 valence electrons. The topological polar surface area (TPSA) is 111 Å². The first kappa shape index (κ1) is 17.0. The second-order valence-corrected chi connectivity index (χ2v) is 5.06. The molecule has 1 aromatic carbocycles. The van der Waals surface area contributed by atoms with Crippen molar-refractivity contribution in [2.24, 2.45) is 5.10 Å². The van der Waals surface area contributed by atoms with E-state index in [1.807, 2.05) is 0 Å². The number of nitro groups is 1. The molecule has 3 aromatic rings. The quantitative estimate of drug-likeness (QED) is 0.430. The maximum atomic E-state index is 13.2. The van der Waals surface area contributed by atoms with Gasteiger partial charge in [0.2, 0.25) is 0 Å². The lowest BCUT2D eigenvalue weighted by Crippen LogP contribution is -2.17. The third kappa shape index (κ3) is 3.78. The van der Waals surface area contributed by atoms with Crippen molar-refractivity contribution in [1.82, 2.24) is 10.4 Å². The maximum Gasteiger partial charge on any atom is 0.283 e. The van der Waals surface area contributed by atoms with Gasteiger partial charge in [0.25, 0.3) is 11.6 Å². The molecule has 0 spiro atoms. The molecule has 0 aliphatic heterocycles. The minimum Gasteiger partial charge on any atom is -0.455 e. The number of amides is 1. The van der Waals surface area contributed by atoms with Crippen LogP contribution in [-0.2, 0) is 0 Å². The van der Waals surface area contributed by atoms with Gasteiger partial charge in [0.1, 0.15) is 17.3 Å². The number of halogens is 1. The number of carbonyl (C=O) groups is 1. The van der Waals surface area contributed by atoms with Crippen LogP contribution in [0.4, 0.5) is 10.1 Å². The molecule has 0 saturated heterocycles. The van der Waals surface area contributed by atoms with E-state index in [0.717, 1.165) is 12.1 Å². The maximum absolute atomic E-state index is 13.2. The first-order chi connectivity index (χ1) is 12.5. The second kappa shape index (κ2) is 7.34. The van der Waals surface area contributed by atoms with Gasteiger partial charge in [0, 0.05) is 18.0 Å². The van der Waals surface area contributed by atoms with Gasteiger partial charge in [-0.25, -0.2) is 9.82 Å². The number of furan rings is 1. The normalized spacial score (nSPS) is 10.8. The van der Waals surface area contributed by atoms with Crippen LogP contribution in [0.15, 0.2) is 64.4 Å². The van der Waals surface area contributed by atoms with Gasteiger partial charge in [0.15, 0.2) is 0 Å². The Kier molecular flexibility index (Phi) is 4.79. The summed E-state index contributed by atoms with van der Waals surface area (Å²) >= 11 is 0. The minimum absolute atomic E-state index is 0.136. The van der Waals surface area contributed by atoms with Crippen LogP contribution in [0.5, 0.6) is 0 Å². The van der Waals surface area contributed by atoms with E-state index in [9.17, 15) is 19.3 Å². The van der Waals surface area contributed by atoms with Gasteiger partial charge in [-0.1, -0.05) is 0 Å². The van der Waals surface area contributed by atoms with E-state index in [2.05, 4.69) is 15.5 Å². The fourth-order valence-electron chi connectivity index (χ4n) is 2.15. The molecule has 0 saturated carbocycles. The molecular weight excluding hydrogens is 343 g/mol. The lowest BCUT2D eigenvalue weighted by molar-refractivity contribution is -0.384. The predicted octanol–water partition coefficient (Wildman–Crippen LogP) is 3.15. The van der Waals surface area contributed by atoms with Gasteiger partial charge in [-0.2, -0.15) is 5.10 Å². The molecule has 0 bridgehead atoms. The van der Waals surface area contributed by atoms with Crippen LogP contribution in [0.2, 0.25) is 0 Å². The van der Waals surface area contributed by atoms with E-state index < -0.39 is 22.3 Å². The summed E-state index contributed by atoms with van der Waals surface area (Å²) in [6.45, 7) is 0. The van der Waals surface area contributed by atoms with Crippen molar-refractivity contribution in [2.75, 3.05) is 0 Å². The van der Waals surface area contributed by atoms with Gasteiger partial charge in [0.05, 0.1) is 22.8 Å². The molecule has 3 rings (SSSR count). The van der Waals surface area contributed by atoms with Crippen LogP contribution in [0, 0.1) is 15.9 Å². The first-order valence-electron chi connectivity index (χ1n) is 7.32. The van der Waals surface area contributed by atoms with Crippen molar-refractivity contribution in [2.45, 2.75) is 0 Å². The van der Waals surface area contributed by atoms with Crippen LogP contribution in [-0.4, -0.2) is 22.0 Å². The highest BCUT2D eigenvalue weighted by Gasteiger charge is 2.19. The molecule has 0 aliphatic rings.